The summed E-state index contributed by atoms with van der Waals surface area (Å²) in [6.07, 6.45) is 1.73. The van der Waals surface area contributed by atoms with Crippen molar-refractivity contribution >= 4 is 44.1 Å². The summed E-state index contributed by atoms with van der Waals surface area (Å²) in [5, 5.41) is 4.53. The van der Waals surface area contributed by atoms with E-state index in [-0.39, 0.29) is 22.4 Å². The van der Waals surface area contributed by atoms with Crippen LogP contribution in [0.1, 0.15) is 35.8 Å². The zero-order valence-corrected chi connectivity index (χ0v) is 19.0. The second-order valence-electron chi connectivity index (χ2n) is 6.85. The molecule has 0 spiro atoms. The first-order valence-corrected chi connectivity index (χ1v) is 12.3. The number of anilines is 2. The van der Waals surface area contributed by atoms with Gasteiger partial charge >= 0.3 is 5.97 Å². The van der Waals surface area contributed by atoms with Gasteiger partial charge in [0.15, 0.2) is 5.13 Å². The van der Waals surface area contributed by atoms with Crippen LogP contribution in [0.5, 0.6) is 0 Å². The third-order valence-electron chi connectivity index (χ3n) is 4.30. The van der Waals surface area contributed by atoms with E-state index in [9.17, 15) is 18.0 Å². The molecule has 0 radical (unpaired) electrons. The number of hydrogen-bond donors (Lipinski definition) is 2. The Labute approximate surface area is 190 Å². The van der Waals surface area contributed by atoms with Gasteiger partial charge in [0.1, 0.15) is 0 Å². The van der Waals surface area contributed by atoms with Gasteiger partial charge in [0, 0.05) is 11.1 Å². The average molecular weight is 474 g/mol. The lowest BCUT2D eigenvalue weighted by Gasteiger charge is -2.07. The lowest BCUT2D eigenvalue weighted by atomic mass is 10.2. The third kappa shape index (κ3) is 6.63. The molecule has 0 aliphatic carbocycles. The average Bonchev–Trinajstić information content (AvgIpc) is 3.20. The number of carbonyl (C=O) groups is 2. The molecule has 0 aliphatic heterocycles. The Morgan fingerprint density at radius 3 is 2.47 bits per heavy atom. The van der Waals surface area contributed by atoms with E-state index in [0.717, 1.165) is 24.2 Å². The number of unbranched alkanes of at least 4 members (excludes halogenated alkanes) is 1. The second kappa shape index (κ2) is 10.9. The van der Waals surface area contributed by atoms with Gasteiger partial charge in [0.05, 0.1) is 29.2 Å². The molecule has 10 heteroatoms. The van der Waals surface area contributed by atoms with Crippen molar-refractivity contribution in [2.24, 2.45) is 0 Å². The van der Waals surface area contributed by atoms with Gasteiger partial charge in [0.2, 0.25) is 5.91 Å². The first kappa shape index (κ1) is 23.4. The van der Waals surface area contributed by atoms with Gasteiger partial charge in [-0.2, -0.15) is 0 Å². The minimum atomic E-state index is -3.74. The lowest BCUT2D eigenvalue weighted by molar-refractivity contribution is -0.115. The predicted molar refractivity (Wildman–Crippen MR) is 123 cm³/mol. The number of thiazole rings is 1. The van der Waals surface area contributed by atoms with Crippen molar-refractivity contribution in [3.63, 3.8) is 0 Å². The Balaban J connectivity index is 1.53. The highest BCUT2D eigenvalue weighted by Gasteiger charge is 2.16. The SMILES string of the molecule is CCCCOC(=O)c1ccc(NC(=O)Cc2csc(NS(=O)(=O)c3ccccc3)n2)cc1. The molecular formula is C22H23N3O5S2. The fraction of sp³-hybridized carbons (Fsp3) is 0.227. The van der Waals surface area contributed by atoms with E-state index < -0.39 is 16.0 Å². The summed E-state index contributed by atoms with van der Waals surface area (Å²) >= 11 is 1.10. The number of carbonyl (C=O) groups excluding carboxylic acids is 2. The fourth-order valence-electron chi connectivity index (χ4n) is 2.66. The molecule has 1 aromatic heterocycles. The van der Waals surface area contributed by atoms with Crippen LogP contribution in [-0.4, -0.2) is 31.9 Å². The van der Waals surface area contributed by atoms with Crippen LogP contribution < -0.4 is 10.0 Å². The van der Waals surface area contributed by atoms with Crippen LogP contribution in [-0.2, 0) is 26.0 Å². The molecule has 32 heavy (non-hydrogen) atoms. The zero-order chi connectivity index (χ0) is 23.0. The van der Waals surface area contributed by atoms with Crippen LogP contribution >= 0.6 is 11.3 Å². The monoisotopic (exact) mass is 473 g/mol. The summed E-state index contributed by atoms with van der Waals surface area (Å²) in [4.78, 5) is 28.5. The number of benzene rings is 2. The Morgan fingerprint density at radius 1 is 1.06 bits per heavy atom. The van der Waals surface area contributed by atoms with Crippen LogP contribution in [0.2, 0.25) is 0 Å². The van der Waals surface area contributed by atoms with E-state index in [1.807, 2.05) is 6.92 Å². The molecule has 0 atom stereocenters. The van der Waals surface area contributed by atoms with Crippen LogP contribution in [0.4, 0.5) is 10.8 Å². The Bertz CT molecular complexity index is 1160. The number of hydrogen-bond acceptors (Lipinski definition) is 7. The maximum absolute atomic E-state index is 12.4. The number of nitrogens with one attached hydrogen (secondary N) is 2. The Kier molecular flexibility index (Phi) is 7.96. The molecule has 0 bridgehead atoms. The molecule has 0 saturated heterocycles. The van der Waals surface area contributed by atoms with Crippen LogP contribution in [0.3, 0.4) is 0 Å². The Morgan fingerprint density at radius 2 is 1.78 bits per heavy atom. The van der Waals surface area contributed by atoms with Gasteiger partial charge in [-0.25, -0.2) is 18.2 Å². The first-order valence-electron chi connectivity index (χ1n) is 9.96. The van der Waals surface area contributed by atoms with Gasteiger partial charge in [-0.3, -0.25) is 9.52 Å². The highest BCUT2D eigenvalue weighted by atomic mass is 32.2. The molecule has 0 unspecified atom stereocenters. The minimum absolute atomic E-state index is 0.0234. The van der Waals surface area contributed by atoms with Crippen molar-refractivity contribution in [1.82, 2.24) is 4.98 Å². The van der Waals surface area contributed by atoms with Crippen molar-refractivity contribution in [3.05, 3.63) is 71.2 Å². The summed E-state index contributed by atoms with van der Waals surface area (Å²) in [5.74, 6) is -0.713. The highest BCUT2D eigenvalue weighted by Crippen LogP contribution is 2.21. The van der Waals surface area contributed by atoms with Gasteiger partial charge in [-0.1, -0.05) is 31.5 Å². The molecule has 2 N–H and O–H groups in total. The van der Waals surface area contributed by atoms with E-state index in [4.69, 9.17) is 4.74 Å². The van der Waals surface area contributed by atoms with E-state index in [1.165, 1.54) is 12.1 Å². The number of sulfonamides is 1. The smallest absolute Gasteiger partial charge is 0.338 e. The largest absolute Gasteiger partial charge is 0.462 e. The number of esters is 1. The maximum atomic E-state index is 12.4. The minimum Gasteiger partial charge on any atom is -0.462 e. The molecule has 0 fully saturated rings. The van der Waals surface area contributed by atoms with Crippen LogP contribution in [0.25, 0.3) is 0 Å². The van der Waals surface area contributed by atoms with Gasteiger partial charge in [-0.15, -0.1) is 11.3 Å². The zero-order valence-electron chi connectivity index (χ0n) is 17.4. The summed E-state index contributed by atoms with van der Waals surface area (Å²) in [5.41, 5.74) is 1.38. The molecule has 168 valence electrons. The molecule has 1 heterocycles. The standard InChI is InChI=1S/C22H23N3O5S2/c1-2-3-13-30-21(27)16-9-11-17(12-10-16)23-20(26)14-18-15-31-22(24-18)25-32(28,29)19-7-5-4-6-8-19/h4-12,15H,2-3,13-14H2,1H3,(H,23,26)(H,24,25). The number of ether oxygens (including phenoxy) is 1. The number of nitrogens with zero attached hydrogens (tertiary/aromatic N) is 1. The molecule has 2 aromatic carbocycles. The molecule has 3 rings (SSSR count). The molecule has 1 amide bonds. The number of amides is 1. The van der Waals surface area contributed by atoms with Crippen molar-refractivity contribution < 1.29 is 22.7 Å². The number of rotatable bonds is 10. The van der Waals surface area contributed by atoms with Crippen molar-refractivity contribution in [1.29, 1.82) is 0 Å². The first-order chi connectivity index (χ1) is 15.4. The predicted octanol–water partition coefficient (Wildman–Crippen LogP) is 4.08. The maximum Gasteiger partial charge on any atom is 0.338 e. The summed E-state index contributed by atoms with van der Waals surface area (Å²) in [6.45, 7) is 2.39. The molecule has 0 aliphatic rings. The van der Waals surface area contributed by atoms with Gasteiger partial charge in [-0.05, 0) is 42.8 Å². The van der Waals surface area contributed by atoms with Crippen LogP contribution in [0, 0.1) is 0 Å². The number of aromatic nitrogens is 1. The van der Waals surface area contributed by atoms with Crippen molar-refractivity contribution in [3.8, 4) is 0 Å². The molecule has 3 aromatic rings. The molecule has 8 nitrogen and oxygen atoms in total. The van der Waals surface area contributed by atoms with Gasteiger partial charge < -0.3 is 10.1 Å². The third-order valence-corrected chi connectivity index (χ3v) is 6.59. The normalized spacial score (nSPS) is 11.0. The summed E-state index contributed by atoms with van der Waals surface area (Å²) in [6, 6.07) is 14.4. The van der Waals surface area contributed by atoms with Crippen molar-refractivity contribution in [2.75, 3.05) is 16.6 Å². The lowest BCUT2D eigenvalue weighted by Crippen LogP contribution is -2.15. The highest BCUT2D eigenvalue weighted by molar-refractivity contribution is 7.93. The van der Waals surface area contributed by atoms with E-state index >= 15 is 0 Å². The molecule has 0 saturated carbocycles. The quantitative estimate of drug-likeness (QED) is 0.339. The summed E-state index contributed by atoms with van der Waals surface area (Å²) < 4.78 is 32.3. The van der Waals surface area contributed by atoms with Gasteiger partial charge in [0.25, 0.3) is 10.0 Å². The topological polar surface area (TPSA) is 114 Å². The van der Waals surface area contributed by atoms with E-state index in [2.05, 4.69) is 15.0 Å². The second-order valence-corrected chi connectivity index (χ2v) is 9.39. The summed E-state index contributed by atoms with van der Waals surface area (Å²) in [7, 11) is -3.74. The van der Waals surface area contributed by atoms with E-state index in [1.54, 1.807) is 47.8 Å². The fourth-order valence-corrected chi connectivity index (χ4v) is 4.64. The van der Waals surface area contributed by atoms with Crippen LogP contribution in [0.15, 0.2) is 64.9 Å². The van der Waals surface area contributed by atoms with Crippen molar-refractivity contribution in [2.45, 2.75) is 31.1 Å². The molecular weight excluding hydrogens is 450 g/mol. The Hall–Kier alpha value is -3.24. The van der Waals surface area contributed by atoms with E-state index in [0.29, 0.717) is 23.6 Å².